The third-order valence-electron chi connectivity index (χ3n) is 7.41. The first-order valence-corrected chi connectivity index (χ1v) is 13.8. The fraction of sp³-hybridized carbons (Fsp3) is 0.333. The molecule has 5 rings (SSSR count). The topological polar surface area (TPSA) is 147 Å². The lowest BCUT2D eigenvalue weighted by atomic mass is 10.0. The van der Waals surface area contributed by atoms with Crippen molar-refractivity contribution < 1.29 is 28.8 Å². The number of hydrogen-bond acceptors (Lipinski definition) is 6. The zero-order valence-corrected chi connectivity index (χ0v) is 22.5. The summed E-state index contributed by atoms with van der Waals surface area (Å²) in [5.41, 5.74) is 1.47. The Kier molecular flexibility index (Phi) is 8.23. The monoisotopic (exact) mass is 557 g/mol. The molecule has 1 unspecified atom stereocenters. The van der Waals surface area contributed by atoms with Gasteiger partial charge in [-0.3, -0.25) is 39.0 Å². The quantitative estimate of drug-likeness (QED) is 0.243. The van der Waals surface area contributed by atoms with Crippen molar-refractivity contribution in [2.75, 3.05) is 13.1 Å². The average Bonchev–Trinajstić information content (AvgIpc) is 3.47. The van der Waals surface area contributed by atoms with Gasteiger partial charge in [0.25, 0.3) is 17.7 Å². The van der Waals surface area contributed by atoms with Gasteiger partial charge in [-0.1, -0.05) is 31.0 Å². The summed E-state index contributed by atoms with van der Waals surface area (Å²) in [7, 11) is 0. The first-order chi connectivity index (χ1) is 19.8. The standard InChI is InChI=1S/C30H31N5O6/c36-25-12-11-24(28(39)33-25)35-29(40)21-10-9-20(17-22(21)30(35)41)27(38)32-15-6-2-1-5-14-31-26(37)18-34-16-13-19-7-3-4-8-23(19)34/h3-4,7-10,13,16-17,24H,1-2,5-6,11-12,14-15,18H2,(H,31,37)(H,32,38)(H,33,36,39). The molecule has 2 aliphatic heterocycles. The molecule has 1 fully saturated rings. The van der Waals surface area contributed by atoms with E-state index in [0.29, 0.717) is 13.1 Å². The molecular weight excluding hydrogens is 526 g/mol. The third-order valence-corrected chi connectivity index (χ3v) is 7.41. The smallest absolute Gasteiger partial charge is 0.262 e. The average molecular weight is 558 g/mol. The second-order valence-electron chi connectivity index (χ2n) is 10.2. The molecule has 3 aromatic rings. The van der Waals surface area contributed by atoms with E-state index in [1.54, 1.807) is 0 Å². The minimum atomic E-state index is -1.05. The molecule has 3 heterocycles. The number of imide groups is 2. The Hall–Kier alpha value is -4.80. The second-order valence-corrected chi connectivity index (χ2v) is 10.2. The van der Waals surface area contributed by atoms with Gasteiger partial charge in [0.15, 0.2) is 0 Å². The van der Waals surface area contributed by atoms with E-state index in [4.69, 9.17) is 0 Å². The third kappa shape index (κ3) is 6.03. The van der Waals surface area contributed by atoms with Gasteiger partial charge in [-0.15, -0.1) is 0 Å². The van der Waals surface area contributed by atoms with Crippen LogP contribution in [-0.2, 0) is 20.9 Å². The lowest BCUT2D eigenvalue weighted by Crippen LogP contribution is -2.54. The van der Waals surface area contributed by atoms with Crippen LogP contribution in [0.2, 0.25) is 0 Å². The van der Waals surface area contributed by atoms with Crippen molar-refractivity contribution in [3.05, 3.63) is 71.4 Å². The summed E-state index contributed by atoms with van der Waals surface area (Å²) in [6.45, 7) is 1.30. The molecular formula is C30H31N5O6. The number of fused-ring (bicyclic) bond motifs is 2. The van der Waals surface area contributed by atoms with E-state index in [1.807, 2.05) is 41.1 Å². The summed E-state index contributed by atoms with van der Waals surface area (Å²) < 4.78 is 1.93. The minimum Gasteiger partial charge on any atom is -0.355 e. The van der Waals surface area contributed by atoms with E-state index in [-0.39, 0.29) is 47.9 Å². The van der Waals surface area contributed by atoms with Crippen molar-refractivity contribution in [3.63, 3.8) is 0 Å². The van der Waals surface area contributed by atoms with Crippen LogP contribution in [0.3, 0.4) is 0 Å². The maximum atomic E-state index is 12.9. The van der Waals surface area contributed by atoms with Crippen LogP contribution in [-0.4, -0.2) is 64.0 Å². The highest BCUT2D eigenvalue weighted by atomic mass is 16.2. The maximum Gasteiger partial charge on any atom is 0.262 e. The Morgan fingerprint density at radius 2 is 1.59 bits per heavy atom. The highest BCUT2D eigenvalue weighted by Crippen LogP contribution is 2.28. The number of nitrogens with zero attached hydrogens (tertiary/aromatic N) is 2. The Labute approximate surface area is 236 Å². The maximum absolute atomic E-state index is 12.9. The largest absolute Gasteiger partial charge is 0.355 e. The number of aromatic nitrogens is 1. The van der Waals surface area contributed by atoms with Crippen molar-refractivity contribution in [2.45, 2.75) is 51.1 Å². The SMILES string of the molecule is O=C(Cn1ccc2ccccc21)NCCCCCCNC(=O)c1ccc2c(c1)C(=O)N(C1CCC(=O)NC1=O)C2=O. The van der Waals surface area contributed by atoms with Gasteiger partial charge in [-0.2, -0.15) is 0 Å². The summed E-state index contributed by atoms with van der Waals surface area (Å²) in [4.78, 5) is 75.2. The first-order valence-electron chi connectivity index (χ1n) is 13.8. The van der Waals surface area contributed by atoms with E-state index >= 15 is 0 Å². The number of para-hydroxylation sites is 1. The van der Waals surface area contributed by atoms with Crippen LogP contribution in [0.4, 0.5) is 0 Å². The molecule has 11 nitrogen and oxygen atoms in total. The molecule has 2 aliphatic rings. The van der Waals surface area contributed by atoms with E-state index in [2.05, 4.69) is 16.0 Å². The molecule has 3 N–H and O–H groups in total. The highest BCUT2D eigenvalue weighted by Gasteiger charge is 2.44. The summed E-state index contributed by atoms with van der Waals surface area (Å²) in [6.07, 6.45) is 5.37. The number of hydrogen-bond donors (Lipinski definition) is 3. The van der Waals surface area contributed by atoms with Gasteiger partial charge in [-0.05, 0) is 55.0 Å². The summed E-state index contributed by atoms with van der Waals surface area (Å²) in [6, 6.07) is 13.1. The molecule has 0 aliphatic carbocycles. The molecule has 1 saturated heterocycles. The predicted octanol–water partition coefficient (Wildman–Crippen LogP) is 2.15. The van der Waals surface area contributed by atoms with Crippen LogP contribution in [0, 0.1) is 0 Å². The van der Waals surface area contributed by atoms with E-state index < -0.39 is 29.7 Å². The molecule has 41 heavy (non-hydrogen) atoms. The Bertz CT molecular complexity index is 1540. The van der Waals surface area contributed by atoms with Gasteiger partial charge in [0.1, 0.15) is 12.6 Å². The zero-order chi connectivity index (χ0) is 28.9. The summed E-state index contributed by atoms with van der Waals surface area (Å²) >= 11 is 0. The van der Waals surface area contributed by atoms with Gasteiger partial charge >= 0.3 is 0 Å². The van der Waals surface area contributed by atoms with Gasteiger partial charge in [-0.25, -0.2) is 0 Å². The molecule has 0 spiro atoms. The number of unbranched alkanes of at least 4 members (excludes halogenated alkanes) is 3. The highest BCUT2D eigenvalue weighted by molar-refractivity contribution is 6.24. The molecule has 2 aromatic carbocycles. The van der Waals surface area contributed by atoms with Crippen LogP contribution in [0.5, 0.6) is 0 Å². The normalized spacial score (nSPS) is 16.6. The molecule has 1 aromatic heterocycles. The first kappa shape index (κ1) is 27.8. The number of carbonyl (C=O) groups is 6. The zero-order valence-electron chi connectivity index (χ0n) is 22.5. The molecule has 11 heteroatoms. The minimum absolute atomic E-state index is 0.0339. The van der Waals surface area contributed by atoms with Crippen molar-refractivity contribution >= 4 is 46.3 Å². The number of benzene rings is 2. The molecule has 1 atom stereocenters. The van der Waals surface area contributed by atoms with Crippen molar-refractivity contribution in [3.8, 4) is 0 Å². The van der Waals surface area contributed by atoms with E-state index in [1.165, 1.54) is 18.2 Å². The van der Waals surface area contributed by atoms with Crippen molar-refractivity contribution in [2.24, 2.45) is 0 Å². The van der Waals surface area contributed by atoms with Crippen molar-refractivity contribution in [1.82, 2.24) is 25.4 Å². The molecule has 0 radical (unpaired) electrons. The number of nitrogens with one attached hydrogen (secondary N) is 3. The fourth-order valence-corrected chi connectivity index (χ4v) is 5.24. The molecule has 6 amide bonds. The molecule has 0 saturated carbocycles. The van der Waals surface area contributed by atoms with Gasteiger partial charge < -0.3 is 15.2 Å². The lowest BCUT2D eigenvalue weighted by molar-refractivity contribution is -0.136. The van der Waals surface area contributed by atoms with Crippen molar-refractivity contribution in [1.29, 1.82) is 0 Å². The van der Waals surface area contributed by atoms with Crippen LogP contribution in [0.25, 0.3) is 10.9 Å². The predicted molar refractivity (Wildman–Crippen MR) is 149 cm³/mol. The Morgan fingerprint density at radius 1 is 0.854 bits per heavy atom. The van der Waals surface area contributed by atoms with Gasteiger partial charge in [0, 0.05) is 36.8 Å². The van der Waals surface area contributed by atoms with Crippen LogP contribution >= 0.6 is 0 Å². The number of piperidine rings is 1. The summed E-state index contributed by atoms with van der Waals surface area (Å²) in [5.74, 6) is -2.78. The van der Waals surface area contributed by atoms with Gasteiger partial charge in [0.05, 0.1) is 11.1 Å². The van der Waals surface area contributed by atoms with Gasteiger partial charge in [0.2, 0.25) is 17.7 Å². The number of carbonyl (C=O) groups excluding carboxylic acids is 6. The Balaban J connectivity index is 1.01. The van der Waals surface area contributed by atoms with Crippen LogP contribution < -0.4 is 16.0 Å². The van der Waals surface area contributed by atoms with Crippen LogP contribution in [0.1, 0.15) is 69.6 Å². The molecule has 0 bridgehead atoms. The fourth-order valence-electron chi connectivity index (χ4n) is 5.24. The lowest BCUT2D eigenvalue weighted by Gasteiger charge is -2.27. The number of amides is 6. The van der Waals surface area contributed by atoms with E-state index in [0.717, 1.165) is 41.5 Å². The number of rotatable bonds is 11. The van der Waals surface area contributed by atoms with Crippen LogP contribution in [0.15, 0.2) is 54.7 Å². The van der Waals surface area contributed by atoms with E-state index in [9.17, 15) is 28.8 Å². The Morgan fingerprint density at radius 3 is 2.37 bits per heavy atom. The summed E-state index contributed by atoms with van der Waals surface area (Å²) in [5, 5.41) is 9.04. The second kappa shape index (κ2) is 12.2. The molecule has 212 valence electrons.